The van der Waals surface area contributed by atoms with Crippen molar-refractivity contribution in [3.63, 3.8) is 0 Å². The molecule has 3 heterocycles. The summed E-state index contributed by atoms with van der Waals surface area (Å²) in [5, 5.41) is 0.595. The molecule has 158 valence electrons. The second-order valence-electron chi connectivity index (χ2n) is 6.73. The van der Waals surface area contributed by atoms with E-state index < -0.39 is 13.2 Å². The van der Waals surface area contributed by atoms with E-state index in [1.165, 1.54) is 23.5 Å². The first-order valence-corrected chi connectivity index (χ1v) is 9.81. The van der Waals surface area contributed by atoms with E-state index in [4.69, 9.17) is 0 Å². The van der Waals surface area contributed by atoms with E-state index in [0.29, 0.717) is 34.6 Å². The first-order chi connectivity index (χ1) is 14.2. The van der Waals surface area contributed by atoms with Gasteiger partial charge >= 0.3 is 13.2 Å². The average molecular weight is 440 g/mol. The van der Waals surface area contributed by atoms with Gasteiger partial charge < -0.3 is 9.47 Å². The molecule has 0 amide bonds. The number of hydrogen-bond donors (Lipinski definition) is 0. The minimum atomic E-state index is -3.14. The van der Waals surface area contributed by atoms with E-state index in [1.807, 2.05) is 13.8 Å². The number of aryl methyl sites for hydroxylation is 2. The van der Waals surface area contributed by atoms with Crippen LogP contribution in [0.15, 0.2) is 23.0 Å². The smallest absolute Gasteiger partial charge is 0.387 e. The third-order valence-electron chi connectivity index (χ3n) is 4.94. The molecule has 5 nitrogen and oxygen atoms in total. The monoisotopic (exact) mass is 440 g/mol. The molecular formula is C20H16F4N2O3S. The summed E-state index contributed by atoms with van der Waals surface area (Å²) in [6.07, 6.45) is 2.05. The fourth-order valence-electron chi connectivity index (χ4n) is 3.46. The van der Waals surface area contributed by atoms with Crippen LogP contribution in [-0.2, 0) is 6.54 Å². The van der Waals surface area contributed by atoms with Gasteiger partial charge in [0, 0.05) is 23.1 Å². The highest BCUT2D eigenvalue weighted by atomic mass is 32.1. The molecule has 3 aromatic rings. The molecule has 0 unspecified atom stereocenters. The number of fused-ring (bicyclic) bond motifs is 2. The van der Waals surface area contributed by atoms with Gasteiger partial charge in [-0.05, 0) is 49.6 Å². The van der Waals surface area contributed by atoms with Gasteiger partial charge in [0.2, 0.25) is 0 Å². The molecule has 0 N–H and O–H groups in total. The molecule has 0 aliphatic carbocycles. The summed E-state index contributed by atoms with van der Waals surface area (Å²) in [4.78, 5) is 19.2. The molecule has 2 aromatic heterocycles. The van der Waals surface area contributed by atoms with Crippen LogP contribution in [0.3, 0.4) is 0 Å². The van der Waals surface area contributed by atoms with Crippen molar-refractivity contribution >= 4 is 33.2 Å². The lowest BCUT2D eigenvalue weighted by Crippen LogP contribution is -2.20. The fraction of sp³-hybridized carbons (Fsp3) is 0.300. The lowest BCUT2D eigenvalue weighted by Gasteiger charge is -2.12. The van der Waals surface area contributed by atoms with Crippen LogP contribution < -0.4 is 15.0 Å². The molecule has 0 radical (unpaired) electrons. The molecule has 0 fully saturated rings. The maximum atomic E-state index is 12.9. The fourth-order valence-corrected chi connectivity index (χ4v) is 4.48. The molecule has 0 saturated carbocycles. The van der Waals surface area contributed by atoms with Crippen LogP contribution in [0.1, 0.15) is 28.2 Å². The standard InChI is InChI=1S/C20H16F4N2O3S/c1-9-10(2)30-17-15(9)18(27)26-6-5-12(16(26)25-17)7-11-3-4-13(28-19(21)22)8-14(11)29-20(23)24/h3-4,7-8,19-20H,5-6H2,1-2H3/b12-7-. The van der Waals surface area contributed by atoms with E-state index in [2.05, 4.69) is 14.5 Å². The van der Waals surface area contributed by atoms with Crippen LogP contribution in [0.25, 0.3) is 21.9 Å². The van der Waals surface area contributed by atoms with Crippen molar-refractivity contribution in [1.82, 2.24) is 9.55 Å². The number of aromatic nitrogens is 2. The van der Waals surface area contributed by atoms with E-state index in [-0.39, 0.29) is 22.6 Å². The van der Waals surface area contributed by atoms with Crippen molar-refractivity contribution in [2.24, 2.45) is 0 Å². The van der Waals surface area contributed by atoms with Crippen LogP contribution in [0.4, 0.5) is 17.6 Å². The molecule has 0 spiro atoms. The quantitative estimate of drug-likeness (QED) is 0.511. The Kier molecular flexibility index (Phi) is 5.27. The lowest BCUT2D eigenvalue weighted by molar-refractivity contribution is -0.0543. The van der Waals surface area contributed by atoms with E-state index >= 15 is 0 Å². The Morgan fingerprint density at radius 1 is 1.17 bits per heavy atom. The summed E-state index contributed by atoms with van der Waals surface area (Å²) in [5.41, 5.74) is 1.68. The van der Waals surface area contributed by atoms with E-state index in [9.17, 15) is 22.4 Å². The molecule has 0 bridgehead atoms. The Hall–Kier alpha value is -2.88. The number of ether oxygens (including phenoxy) is 2. The van der Waals surface area contributed by atoms with Crippen LogP contribution >= 0.6 is 11.3 Å². The zero-order valence-electron chi connectivity index (χ0n) is 15.9. The molecule has 4 rings (SSSR count). The number of rotatable bonds is 5. The third kappa shape index (κ3) is 3.67. The number of nitrogens with zero attached hydrogens (tertiary/aromatic N) is 2. The largest absolute Gasteiger partial charge is 0.435 e. The van der Waals surface area contributed by atoms with Gasteiger partial charge in [-0.2, -0.15) is 17.6 Å². The molecule has 30 heavy (non-hydrogen) atoms. The number of benzene rings is 1. The van der Waals surface area contributed by atoms with E-state index in [1.54, 1.807) is 10.6 Å². The highest BCUT2D eigenvalue weighted by molar-refractivity contribution is 7.18. The normalized spacial score (nSPS) is 14.9. The summed E-state index contributed by atoms with van der Waals surface area (Å²) < 4.78 is 60.8. The maximum absolute atomic E-state index is 12.9. The molecule has 1 aliphatic rings. The zero-order chi connectivity index (χ0) is 21.6. The van der Waals surface area contributed by atoms with Gasteiger partial charge in [-0.3, -0.25) is 9.36 Å². The van der Waals surface area contributed by atoms with Gasteiger partial charge in [0.1, 0.15) is 22.2 Å². The molecular weight excluding hydrogens is 424 g/mol. The minimum Gasteiger partial charge on any atom is -0.435 e. The van der Waals surface area contributed by atoms with Gasteiger partial charge in [0.15, 0.2) is 0 Å². The molecule has 0 saturated heterocycles. The van der Waals surface area contributed by atoms with Crippen LogP contribution in [0.5, 0.6) is 11.5 Å². The Labute approximate surface area is 172 Å². The summed E-state index contributed by atoms with van der Waals surface area (Å²) in [5.74, 6) is -0.139. The summed E-state index contributed by atoms with van der Waals surface area (Å²) >= 11 is 1.42. The predicted octanol–water partition coefficient (Wildman–Crippen LogP) is 5.22. The Morgan fingerprint density at radius 2 is 1.90 bits per heavy atom. The highest BCUT2D eigenvalue weighted by Crippen LogP contribution is 2.35. The molecule has 1 aromatic carbocycles. The molecule has 10 heteroatoms. The van der Waals surface area contributed by atoms with Crippen molar-refractivity contribution in [3.05, 3.63) is 50.4 Å². The van der Waals surface area contributed by atoms with Crippen molar-refractivity contribution in [2.45, 2.75) is 40.0 Å². The van der Waals surface area contributed by atoms with Gasteiger partial charge in [0.05, 0.1) is 5.39 Å². The van der Waals surface area contributed by atoms with Crippen molar-refractivity contribution in [1.29, 1.82) is 0 Å². The predicted molar refractivity (Wildman–Crippen MR) is 106 cm³/mol. The highest BCUT2D eigenvalue weighted by Gasteiger charge is 2.24. The van der Waals surface area contributed by atoms with Crippen molar-refractivity contribution < 1.29 is 27.0 Å². The Bertz CT molecular complexity index is 1220. The Morgan fingerprint density at radius 3 is 2.60 bits per heavy atom. The molecule has 0 atom stereocenters. The summed E-state index contributed by atoms with van der Waals surface area (Å²) in [6.45, 7) is -2.02. The zero-order valence-corrected chi connectivity index (χ0v) is 16.7. The van der Waals surface area contributed by atoms with E-state index in [0.717, 1.165) is 16.5 Å². The number of allylic oxidation sites excluding steroid dienone is 1. The topological polar surface area (TPSA) is 53.4 Å². The SMILES string of the molecule is Cc1sc2nc3n(c(=O)c2c1C)CC/C3=C/c1ccc(OC(F)F)cc1OC(F)F. The van der Waals surface area contributed by atoms with Gasteiger partial charge in [0.25, 0.3) is 5.56 Å². The average Bonchev–Trinajstić information content (AvgIpc) is 3.18. The number of alkyl halides is 4. The first kappa shape index (κ1) is 20.4. The van der Waals surface area contributed by atoms with Crippen LogP contribution in [-0.4, -0.2) is 22.8 Å². The van der Waals surface area contributed by atoms with Crippen LogP contribution in [0.2, 0.25) is 0 Å². The summed E-state index contributed by atoms with van der Waals surface area (Å²) in [7, 11) is 0. The number of hydrogen-bond acceptors (Lipinski definition) is 5. The van der Waals surface area contributed by atoms with Crippen LogP contribution in [0, 0.1) is 13.8 Å². The number of thiophene rings is 1. The third-order valence-corrected chi connectivity index (χ3v) is 6.04. The first-order valence-electron chi connectivity index (χ1n) is 8.99. The second-order valence-corrected chi connectivity index (χ2v) is 7.94. The minimum absolute atomic E-state index is 0.134. The van der Waals surface area contributed by atoms with Crippen molar-refractivity contribution in [2.75, 3.05) is 0 Å². The molecule has 1 aliphatic heterocycles. The van der Waals surface area contributed by atoms with Gasteiger partial charge in [-0.15, -0.1) is 11.3 Å². The number of halogens is 4. The lowest BCUT2D eigenvalue weighted by atomic mass is 10.1. The van der Waals surface area contributed by atoms with Crippen molar-refractivity contribution in [3.8, 4) is 11.5 Å². The Balaban J connectivity index is 1.80. The van der Waals surface area contributed by atoms with Gasteiger partial charge in [-0.1, -0.05) is 0 Å². The second kappa shape index (κ2) is 7.75. The summed E-state index contributed by atoms with van der Waals surface area (Å²) in [6, 6.07) is 3.57. The maximum Gasteiger partial charge on any atom is 0.387 e. The van der Waals surface area contributed by atoms with Gasteiger partial charge in [-0.25, -0.2) is 4.98 Å².